The maximum atomic E-state index is 12.7. The van der Waals surface area contributed by atoms with Crippen LogP contribution in [0.3, 0.4) is 0 Å². The van der Waals surface area contributed by atoms with E-state index in [4.69, 9.17) is 14.6 Å². The van der Waals surface area contributed by atoms with E-state index < -0.39 is 5.97 Å². The predicted octanol–water partition coefficient (Wildman–Crippen LogP) is 2.32. The molecule has 1 aliphatic heterocycles. The van der Waals surface area contributed by atoms with Crippen LogP contribution in [0.5, 0.6) is 0 Å². The molecule has 6 nitrogen and oxygen atoms in total. The van der Waals surface area contributed by atoms with Gasteiger partial charge in [-0.1, -0.05) is 12.1 Å². The highest BCUT2D eigenvalue weighted by Gasteiger charge is 2.36. The third kappa shape index (κ3) is 4.79. The molecule has 132 valence electrons. The van der Waals surface area contributed by atoms with E-state index in [0.29, 0.717) is 25.1 Å². The Bertz CT molecular complexity index is 569. The van der Waals surface area contributed by atoms with Crippen molar-refractivity contribution < 1.29 is 24.2 Å². The summed E-state index contributed by atoms with van der Waals surface area (Å²) in [7, 11) is 1.58. The summed E-state index contributed by atoms with van der Waals surface area (Å²) in [4.78, 5) is 25.4. The van der Waals surface area contributed by atoms with Crippen LogP contribution >= 0.6 is 0 Å². The Labute approximate surface area is 142 Å². The van der Waals surface area contributed by atoms with Gasteiger partial charge in [-0.2, -0.15) is 0 Å². The molecule has 1 aromatic carbocycles. The molecule has 1 heterocycles. The summed E-state index contributed by atoms with van der Waals surface area (Å²) in [5, 5.41) is 9.05. The molecule has 1 saturated heterocycles. The molecule has 2 rings (SSSR count). The number of hydrogen-bond donors (Lipinski definition) is 1. The first-order valence-corrected chi connectivity index (χ1v) is 8.16. The number of carboxylic acid groups (broad SMARTS) is 1. The van der Waals surface area contributed by atoms with Crippen LogP contribution in [0.4, 0.5) is 0 Å². The summed E-state index contributed by atoms with van der Waals surface area (Å²) in [6.45, 7) is 4.87. The molecule has 1 aromatic rings. The summed E-state index contributed by atoms with van der Waals surface area (Å²) in [5.74, 6) is -1.06. The summed E-state index contributed by atoms with van der Waals surface area (Å²) >= 11 is 0. The van der Waals surface area contributed by atoms with Crippen molar-refractivity contribution in [3.05, 3.63) is 35.4 Å². The van der Waals surface area contributed by atoms with E-state index in [-0.39, 0.29) is 30.6 Å². The minimum atomic E-state index is -0.907. The van der Waals surface area contributed by atoms with Gasteiger partial charge in [-0.3, -0.25) is 9.59 Å². The lowest BCUT2D eigenvalue weighted by Crippen LogP contribution is -2.37. The molecule has 1 amide bonds. The highest BCUT2D eigenvalue weighted by Crippen LogP contribution is 2.25. The number of aliphatic carboxylic acids is 1. The fraction of sp³-hybridized carbons (Fsp3) is 0.556. The van der Waals surface area contributed by atoms with E-state index in [1.807, 2.05) is 26.0 Å². The largest absolute Gasteiger partial charge is 0.481 e. The van der Waals surface area contributed by atoms with Crippen LogP contribution in [-0.2, 0) is 20.9 Å². The number of rotatable bonds is 7. The van der Waals surface area contributed by atoms with Crippen molar-refractivity contribution in [2.75, 3.05) is 13.7 Å². The summed E-state index contributed by atoms with van der Waals surface area (Å²) in [5.41, 5.74) is 1.55. The first-order chi connectivity index (χ1) is 11.4. The van der Waals surface area contributed by atoms with Crippen molar-refractivity contribution >= 4 is 11.9 Å². The Morgan fingerprint density at radius 1 is 1.29 bits per heavy atom. The van der Waals surface area contributed by atoms with Gasteiger partial charge in [0.15, 0.2) is 0 Å². The van der Waals surface area contributed by atoms with Gasteiger partial charge in [0.1, 0.15) is 0 Å². The number of likely N-dealkylation sites (tertiary alicyclic amines) is 1. The Kier molecular flexibility index (Phi) is 6.34. The quantitative estimate of drug-likeness (QED) is 0.827. The van der Waals surface area contributed by atoms with Gasteiger partial charge in [0.2, 0.25) is 0 Å². The first kappa shape index (κ1) is 18.4. The number of carbonyl (C=O) groups is 2. The van der Waals surface area contributed by atoms with Gasteiger partial charge >= 0.3 is 5.97 Å². The molecule has 6 heteroatoms. The lowest BCUT2D eigenvalue weighted by atomic mass is 10.1. The average molecular weight is 335 g/mol. The third-order valence-corrected chi connectivity index (χ3v) is 4.16. The highest BCUT2D eigenvalue weighted by atomic mass is 16.5. The summed E-state index contributed by atoms with van der Waals surface area (Å²) in [6, 6.07) is 6.93. The van der Waals surface area contributed by atoms with Crippen molar-refractivity contribution in [2.24, 2.45) is 0 Å². The SMILES string of the molecule is COC1CC(CC(=O)O)N(C(=O)c2ccc(COC(C)C)cc2)C1. The van der Waals surface area contributed by atoms with Crippen LogP contribution in [-0.4, -0.2) is 53.8 Å². The molecule has 1 N–H and O–H groups in total. The average Bonchev–Trinajstić information content (AvgIpc) is 2.95. The van der Waals surface area contributed by atoms with Crippen molar-refractivity contribution in [3.63, 3.8) is 0 Å². The molecular formula is C18H25NO5. The van der Waals surface area contributed by atoms with Crippen LogP contribution in [0.25, 0.3) is 0 Å². The van der Waals surface area contributed by atoms with Crippen LogP contribution in [0.15, 0.2) is 24.3 Å². The van der Waals surface area contributed by atoms with Gasteiger partial charge in [0, 0.05) is 25.3 Å². The van der Waals surface area contributed by atoms with Crippen molar-refractivity contribution in [3.8, 4) is 0 Å². The Morgan fingerprint density at radius 2 is 1.96 bits per heavy atom. The Balaban J connectivity index is 2.07. The standard InChI is InChI=1S/C18H25NO5/c1-12(2)24-11-13-4-6-14(7-5-13)18(22)19-10-16(23-3)8-15(19)9-17(20)21/h4-7,12,15-16H,8-11H2,1-3H3,(H,20,21). The van der Waals surface area contributed by atoms with Crippen LogP contribution in [0, 0.1) is 0 Å². The van der Waals surface area contributed by atoms with E-state index in [2.05, 4.69) is 0 Å². The molecule has 0 saturated carbocycles. The number of carbonyl (C=O) groups excluding carboxylic acids is 1. The lowest BCUT2D eigenvalue weighted by Gasteiger charge is -2.23. The summed E-state index contributed by atoms with van der Waals surface area (Å²) in [6.07, 6.45) is 0.525. The second kappa shape index (κ2) is 8.26. The van der Waals surface area contributed by atoms with Crippen LogP contribution in [0.1, 0.15) is 42.6 Å². The van der Waals surface area contributed by atoms with E-state index >= 15 is 0 Å². The number of benzene rings is 1. The molecule has 0 radical (unpaired) electrons. The topological polar surface area (TPSA) is 76.1 Å². The second-order valence-corrected chi connectivity index (χ2v) is 6.36. The zero-order valence-electron chi connectivity index (χ0n) is 14.4. The summed E-state index contributed by atoms with van der Waals surface area (Å²) < 4.78 is 10.8. The normalized spacial score (nSPS) is 20.6. The molecule has 24 heavy (non-hydrogen) atoms. The van der Waals surface area contributed by atoms with Gasteiger partial charge in [-0.15, -0.1) is 0 Å². The maximum Gasteiger partial charge on any atom is 0.305 e. The molecule has 2 atom stereocenters. The van der Waals surface area contributed by atoms with E-state index in [1.165, 1.54) is 0 Å². The molecule has 1 aliphatic rings. The monoisotopic (exact) mass is 335 g/mol. The fourth-order valence-electron chi connectivity index (χ4n) is 2.86. The molecular weight excluding hydrogens is 310 g/mol. The fourth-order valence-corrected chi connectivity index (χ4v) is 2.86. The molecule has 1 fully saturated rings. The van der Waals surface area contributed by atoms with Gasteiger partial charge in [-0.05, 0) is 38.0 Å². The number of amides is 1. The number of hydrogen-bond acceptors (Lipinski definition) is 4. The van der Waals surface area contributed by atoms with E-state index in [1.54, 1.807) is 24.1 Å². The van der Waals surface area contributed by atoms with Gasteiger partial charge in [-0.25, -0.2) is 0 Å². The second-order valence-electron chi connectivity index (χ2n) is 6.36. The van der Waals surface area contributed by atoms with Crippen molar-refractivity contribution in [1.82, 2.24) is 4.90 Å². The number of carboxylic acids is 1. The highest BCUT2D eigenvalue weighted by molar-refractivity contribution is 5.95. The smallest absolute Gasteiger partial charge is 0.305 e. The van der Waals surface area contributed by atoms with Crippen molar-refractivity contribution in [1.29, 1.82) is 0 Å². The number of ether oxygens (including phenoxy) is 2. The Morgan fingerprint density at radius 3 is 2.50 bits per heavy atom. The molecule has 2 unspecified atom stereocenters. The predicted molar refractivity (Wildman–Crippen MR) is 88.9 cm³/mol. The third-order valence-electron chi connectivity index (χ3n) is 4.16. The van der Waals surface area contributed by atoms with Crippen molar-refractivity contribution in [2.45, 2.75) is 51.5 Å². The molecule has 0 spiro atoms. The van der Waals surface area contributed by atoms with Crippen LogP contribution in [0.2, 0.25) is 0 Å². The zero-order valence-corrected chi connectivity index (χ0v) is 14.4. The number of nitrogens with zero attached hydrogens (tertiary/aromatic N) is 1. The van der Waals surface area contributed by atoms with Crippen LogP contribution < -0.4 is 0 Å². The van der Waals surface area contributed by atoms with Gasteiger partial charge in [0.05, 0.1) is 25.2 Å². The molecule has 0 aliphatic carbocycles. The zero-order chi connectivity index (χ0) is 17.7. The lowest BCUT2D eigenvalue weighted by molar-refractivity contribution is -0.137. The van der Waals surface area contributed by atoms with Gasteiger partial charge < -0.3 is 19.5 Å². The minimum Gasteiger partial charge on any atom is -0.481 e. The maximum absolute atomic E-state index is 12.7. The number of methoxy groups -OCH3 is 1. The molecule has 0 aromatic heterocycles. The molecule has 0 bridgehead atoms. The van der Waals surface area contributed by atoms with E-state index in [0.717, 1.165) is 5.56 Å². The van der Waals surface area contributed by atoms with Gasteiger partial charge in [0.25, 0.3) is 5.91 Å². The van der Waals surface area contributed by atoms with E-state index in [9.17, 15) is 9.59 Å². The minimum absolute atomic E-state index is 0.0636. The first-order valence-electron chi connectivity index (χ1n) is 8.16. The Hall–Kier alpha value is -1.92.